The van der Waals surface area contributed by atoms with Gasteiger partial charge in [-0.1, -0.05) is 11.8 Å². The van der Waals surface area contributed by atoms with Crippen molar-refractivity contribution in [3.05, 3.63) is 18.0 Å². The summed E-state index contributed by atoms with van der Waals surface area (Å²) in [6.07, 6.45) is -4.75. The van der Waals surface area contributed by atoms with Gasteiger partial charge in [0.15, 0.2) is 11.5 Å². The lowest BCUT2D eigenvalue weighted by molar-refractivity contribution is -0.144. The maximum atomic E-state index is 13.2. The largest absolute Gasteiger partial charge is 0.493 e. The van der Waals surface area contributed by atoms with Crippen molar-refractivity contribution in [3.8, 4) is 11.5 Å². The van der Waals surface area contributed by atoms with Gasteiger partial charge >= 0.3 is 6.18 Å². The first kappa shape index (κ1) is 20.0. The van der Waals surface area contributed by atoms with E-state index in [0.717, 1.165) is 16.7 Å². The minimum Gasteiger partial charge on any atom is -0.493 e. The zero-order valence-corrected chi connectivity index (χ0v) is 15.6. The number of nitrogens with one attached hydrogen (secondary N) is 1. The number of nitrogens with zero attached hydrogens (tertiary/aromatic N) is 3. The molecule has 0 unspecified atom stereocenters. The van der Waals surface area contributed by atoms with Crippen LogP contribution in [0.3, 0.4) is 0 Å². The molecule has 1 aromatic heterocycles. The molecule has 8 nitrogen and oxygen atoms in total. The Morgan fingerprint density at radius 2 is 1.86 bits per heavy atom. The van der Waals surface area contributed by atoms with Gasteiger partial charge in [0.05, 0.1) is 25.5 Å². The highest BCUT2D eigenvalue weighted by atomic mass is 32.2. The summed E-state index contributed by atoms with van der Waals surface area (Å²) in [5, 5.41) is 2.64. The third-order valence-corrected chi connectivity index (χ3v) is 4.78. The lowest BCUT2D eigenvalue weighted by Crippen LogP contribution is -2.33. The fraction of sp³-hybridized carbons (Fsp3) is 0.375. The zero-order valence-electron chi connectivity index (χ0n) is 14.8. The average Bonchev–Trinajstić information content (AvgIpc) is 2.97. The Morgan fingerprint density at radius 1 is 1.18 bits per heavy atom. The van der Waals surface area contributed by atoms with Crippen molar-refractivity contribution in [2.24, 2.45) is 0 Å². The van der Waals surface area contributed by atoms with Gasteiger partial charge in [0.25, 0.3) is 5.24 Å². The van der Waals surface area contributed by atoms with Crippen LogP contribution in [0.15, 0.2) is 12.1 Å². The molecule has 0 radical (unpaired) electrons. The summed E-state index contributed by atoms with van der Waals surface area (Å²) in [6, 6.07) is 2.78. The fourth-order valence-corrected chi connectivity index (χ4v) is 3.35. The molecule has 2 heterocycles. The molecule has 0 atom stereocenters. The highest BCUT2D eigenvalue weighted by molar-refractivity contribution is 8.14. The minimum absolute atomic E-state index is 0.00477. The molecule has 0 saturated carbocycles. The molecular formula is C16H15F3N4O4S. The Bertz CT molecular complexity index is 922. The number of ether oxygens (including phenoxy) is 2. The zero-order chi connectivity index (χ0) is 20.5. The molecule has 1 aliphatic rings. The maximum absolute atomic E-state index is 13.2. The molecule has 12 heteroatoms. The number of carbonyl (C=O) groups is 2. The first-order valence-electron chi connectivity index (χ1n) is 7.96. The topological polar surface area (TPSA) is 93.7 Å². The third-order valence-electron chi connectivity index (χ3n) is 3.92. The molecule has 1 aromatic carbocycles. The van der Waals surface area contributed by atoms with E-state index >= 15 is 0 Å². The van der Waals surface area contributed by atoms with E-state index in [1.807, 2.05) is 0 Å². The summed E-state index contributed by atoms with van der Waals surface area (Å²) in [5.41, 5.74) is 0.00589. The quantitative estimate of drug-likeness (QED) is 0.769. The van der Waals surface area contributed by atoms with Crippen LogP contribution in [0.5, 0.6) is 11.5 Å². The molecule has 2 amide bonds. The van der Waals surface area contributed by atoms with E-state index in [2.05, 4.69) is 15.3 Å². The molecule has 1 fully saturated rings. The minimum atomic E-state index is -4.75. The second-order valence-corrected chi connectivity index (χ2v) is 6.57. The number of rotatable bonds is 6. The number of amides is 2. The average molecular weight is 416 g/mol. The summed E-state index contributed by atoms with van der Waals surface area (Å²) in [6.45, 7) is 0.0284. The van der Waals surface area contributed by atoms with Gasteiger partial charge in [-0.15, -0.1) is 0 Å². The van der Waals surface area contributed by atoms with Crippen molar-refractivity contribution >= 4 is 39.6 Å². The molecule has 0 aliphatic carbocycles. The summed E-state index contributed by atoms with van der Waals surface area (Å²) >= 11 is 0.882. The molecule has 3 rings (SSSR count). The van der Waals surface area contributed by atoms with Gasteiger partial charge in [-0.2, -0.15) is 13.2 Å². The van der Waals surface area contributed by atoms with Crippen LogP contribution in [-0.4, -0.2) is 59.1 Å². The van der Waals surface area contributed by atoms with E-state index in [4.69, 9.17) is 9.47 Å². The summed E-state index contributed by atoms with van der Waals surface area (Å²) < 4.78 is 49.8. The number of aromatic nitrogens is 2. The van der Waals surface area contributed by atoms with Crippen LogP contribution in [0, 0.1) is 0 Å². The predicted molar refractivity (Wildman–Crippen MR) is 95.7 cm³/mol. The Kier molecular flexibility index (Phi) is 5.49. The summed E-state index contributed by atoms with van der Waals surface area (Å²) in [4.78, 5) is 31.4. The molecule has 150 valence electrons. The number of fused-ring (bicyclic) bond motifs is 1. The number of carbonyl (C=O) groups excluding carboxylic acids is 2. The molecule has 2 aromatic rings. The molecule has 1 aliphatic heterocycles. The number of hydrogen-bond acceptors (Lipinski definition) is 8. The Hall–Kier alpha value is -2.76. The van der Waals surface area contributed by atoms with Crippen LogP contribution in [-0.2, 0) is 11.0 Å². The van der Waals surface area contributed by atoms with Gasteiger partial charge in [0, 0.05) is 24.5 Å². The molecule has 0 spiro atoms. The van der Waals surface area contributed by atoms with Gasteiger partial charge in [-0.25, -0.2) is 9.97 Å². The maximum Gasteiger partial charge on any atom is 0.451 e. The monoisotopic (exact) mass is 416 g/mol. The van der Waals surface area contributed by atoms with E-state index in [1.54, 1.807) is 0 Å². The Balaban J connectivity index is 1.96. The van der Waals surface area contributed by atoms with Gasteiger partial charge < -0.3 is 14.8 Å². The van der Waals surface area contributed by atoms with Crippen LogP contribution < -0.4 is 14.8 Å². The number of hydrogen-bond donors (Lipinski definition) is 1. The van der Waals surface area contributed by atoms with Gasteiger partial charge in [0.2, 0.25) is 11.7 Å². The number of thioether (sulfide) groups is 1. The van der Waals surface area contributed by atoms with Crippen molar-refractivity contribution in [1.29, 1.82) is 0 Å². The van der Waals surface area contributed by atoms with Gasteiger partial charge in [-0.05, 0) is 6.07 Å². The molecule has 28 heavy (non-hydrogen) atoms. The van der Waals surface area contributed by atoms with Crippen molar-refractivity contribution in [3.63, 3.8) is 0 Å². The highest BCUT2D eigenvalue weighted by Gasteiger charge is 2.36. The van der Waals surface area contributed by atoms with E-state index in [0.29, 0.717) is 5.75 Å². The summed E-state index contributed by atoms with van der Waals surface area (Å²) in [7, 11) is 2.75. The third kappa shape index (κ3) is 3.91. The lowest BCUT2D eigenvalue weighted by Gasteiger charge is -2.16. The van der Waals surface area contributed by atoms with Crippen LogP contribution in [0.2, 0.25) is 0 Å². The highest BCUT2D eigenvalue weighted by Crippen LogP contribution is 2.36. The van der Waals surface area contributed by atoms with E-state index < -0.39 is 12.0 Å². The number of halogens is 3. The van der Waals surface area contributed by atoms with Crippen molar-refractivity contribution in [2.45, 2.75) is 6.18 Å². The van der Waals surface area contributed by atoms with E-state index in [9.17, 15) is 22.8 Å². The number of alkyl halides is 3. The standard InChI is InChI=1S/C16H15F3N4O4S/c1-26-10-5-8-9(6-11(10)27-2)21-14(16(17,18)19)22-13(8)20-3-4-23-12(24)7-28-15(23)25/h5-6H,3-4,7H2,1-2H3,(H,20,21,22). The Morgan fingerprint density at radius 3 is 2.43 bits per heavy atom. The molecule has 1 saturated heterocycles. The number of benzene rings is 1. The Labute approximate surface area is 161 Å². The van der Waals surface area contributed by atoms with E-state index in [-0.39, 0.29) is 52.5 Å². The van der Waals surface area contributed by atoms with Crippen molar-refractivity contribution in [1.82, 2.24) is 14.9 Å². The van der Waals surface area contributed by atoms with Crippen molar-refractivity contribution in [2.75, 3.05) is 38.4 Å². The van der Waals surface area contributed by atoms with Crippen LogP contribution in [0.4, 0.5) is 23.8 Å². The normalized spacial score (nSPS) is 14.7. The number of imide groups is 1. The number of anilines is 1. The predicted octanol–water partition coefficient (Wildman–Crippen LogP) is 2.77. The molecule has 1 N–H and O–H groups in total. The molecule has 0 bridgehead atoms. The smallest absolute Gasteiger partial charge is 0.451 e. The SMILES string of the molecule is COc1cc2nc(C(F)(F)F)nc(NCCN3C(=O)CSC3=O)c2cc1OC. The van der Waals surface area contributed by atoms with Crippen LogP contribution in [0.25, 0.3) is 10.9 Å². The fourth-order valence-electron chi connectivity index (χ4n) is 2.60. The summed E-state index contributed by atoms with van der Waals surface area (Å²) in [5.74, 6) is -1.18. The van der Waals surface area contributed by atoms with E-state index in [1.165, 1.54) is 26.4 Å². The second kappa shape index (κ2) is 7.70. The van der Waals surface area contributed by atoms with Crippen molar-refractivity contribution < 1.29 is 32.2 Å². The lowest BCUT2D eigenvalue weighted by atomic mass is 10.2. The number of methoxy groups -OCH3 is 2. The first-order chi connectivity index (χ1) is 13.2. The van der Waals surface area contributed by atoms with Gasteiger partial charge in [-0.3, -0.25) is 14.5 Å². The van der Waals surface area contributed by atoms with Crippen LogP contribution >= 0.6 is 11.8 Å². The first-order valence-corrected chi connectivity index (χ1v) is 8.95. The molecular weight excluding hydrogens is 401 g/mol. The van der Waals surface area contributed by atoms with Crippen LogP contribution in [0.1, 0.15) is 5.82 Å². The second-order valence-electron chi connectivity index (χ2n) is 5.64. The van der Waals surface area contributed by atoms with Gasteiger partial charge in [0.1, 0.15) is 5.82 Å².